The van der Waals surface area contributed by atoms with Gasteiger partial charge in [0, 0.05) is 0 Å². The fourth-order valence-electron chi connectivity index (χ4n) is 5.25. The van der Waals surface area contributed by atoms with Gasteiger partial charge < -0.3 is 37.3 Å². The Kier molecular flexibility index (Phi) is 14.6. The van der Waals surface area contributed by atoms with Crippen LogP contribution in [0.5, 0.6) is 5.75 Å². The van der Waals surface area contributed by atoms with Crippen molar-refractivity contribution in [3.05, 3.63) is 65.7 Å². The Labute approximate surface area is 313 Å². The van der Waals surface area contributed by atoms with Crippen LogP contribution in [0.4, 0.5) is 0 Å². The average molecular weight is 763 g/mol. The molecule has 11 heteroatoms. The predicted molar refractivity (Wildman–Crippen MR) is 215 cm³/mol. The molecule has 1 aliphatic rings. The molecule has 290 valence electrons. The zero-order valence-corrected chi connectivity index (χ0v) is 37.6. The van der Waals surface area contributed by atoms with Crippen LogP contribution >= 0.6 is 0 Å². The van der Waals surface area contributed by atoms with Crippen molar-refractivity contribution in [1.29, 1.82) is 0 Å². The number of rotatable bonds is 15. The Hall–Kier alpha value is -1.39. The second kappa shape index (κ2) is 17.0. The maximum atomic E-state index is 12.6. The van der Waals surface area contributed by atoms with Gasteiger partial charge in [0.15, 0.2) is 25.0 Å². The van der Waals surface area contributed by atoms with Crippen molar-refractivity contribution in [3.8, 4) is 5.75 Å². The lowest BCUT2D eigenvalue weighted by Crippen LogP contribution is -2.71. The van der Waals surface area contributed by atoms with Gasteiger partial charge in [-0.15, -0.1) is 0 Å². The summed E-state index contributed by atoms with van der Waals surface area (Å²) in [4.78, 5) is 0. The molecule has 3 rings (SSSR count). The molecule has 0 heterocycles. The van der Waals surface area contributed by atoms with E-state index >= 15 is 0 Å². The largest absolute Gasteiger partial charge is 0.497 e. The first kappa shape index (κ1) is 44.0. The predicted octanol–water partition coefficient (Wildman–Crippen LogP) is 9.69. The van der Waals surface area contributed by atoms with Crippen LogP contribution in [-0.4, -0.2) is 80.6 Å². The fraction of sp³-hybridized carbons (Fsp3) is 0.700. The molecule has 1 aliphatic carbocycles. The molecule has 0 spiro atoms. The van der Waals surface area contributed by atoms with Crippen LogP contribution in [-0.2, 0) is 40.7 Å². The van der Waals surface area contributed by atoms with Crippen LogP contribution in [0.2, 0.25) is 54.4 Å². The third-order valence-corrected chi connectivity index (χ3v) is 25.2. The summed E-state index contributed by atoms with van der Waals surface area (Å²) in [5.74, 6) is 0.768. The minimum Gasteiger partial charge on any atom is -0.497 e. The molecule has 6 atom stereocenters. The molecule has 2 aromatic rings. The van der Waals surface area contributed by atoms with E-state index in [1.807, 2.05) is 54.6 Å². The van der Waals surface area contributed by atoms with Gasteiger partial charge in [-0.05, 0) is 77.7 Å². The van der Waals surface area contributed by atoms with Crippen LogP contribution in [0.3, 0.4) is 0 Å². The van der Waals surface area contributed by atoms with Crippen molar-refractivity contribution < 1.29 is 37.3 Å². The molecule has 1 fully saturated rings. The highest BCUT2D eigenvalue weighted by molar-refractivity contribution is 6.75. The first-order chi connectivity index (χ1) is 23.3. The van der Waals surface area contributed by atoms with Gasteiger partial charge in [-0.25, -0.2) is 0 Å². The van der Waals surface area contributed by atoms with Gasteiger partial charge in [0.2, 0.25) is 0 Å². The monoisotopic (exact) mass is 762 g/mol. The summed E-state index contributed by atoms with van der Waals surface area (Å²) in [6.07, 6.45) is -4.48. The molecule has 0 saturated heterocycles. The third kappa shape index (κ3) is 11.3. The van der Waals surface area contributed by atoms with E-state index in [1.54, 1.807) is 7.11 Å². The quantitative estimate of drug-likeness (QED) is 0.109. The maximum absolute atomic E-state index is 12.6. The smallest absolute Gasteiger partial charge is 0.192 e. The second-order valence-electron chi connectivity index (χ2n) is 18.7. The number of aliphatic hydroxyl groups is 1. The minimum atomic E-state index is -2.45. The van der Waals surface area contributed by atoms with E-state index in [4.69, 9.17) is 32.2 Å². The van der Waals surface area contributed by atoms with Gasteiger partial charge in [0.25, 0.3) is 0 Å². The van der Waals surface area contributed by atoms with E-state index < -0.39 is 61.6 Å². The highest BCUT2D eigenvalue weighted by Crippen LogP contribution is 2.46. The molecular weight excluding hydrogens is 693 g/mol. The Morgan fingerprint density at radius 2 is 0.961 bits per heavy atom. The molecular formula is C40H70O8Si3. The molecule has 2 aromatic carbocycles. The summed E-state index contributed by atoms with van der Waals surface area (Å²) in [6, 6.07) is 17.8. The van der Waals surface area contributed by atoms with Gasteiger partial charge in [-0.1, -0.05) is 105 Å². The van der Waals surface area contributed by atoms with Crippen LogP contribution in [0.1, 0.15) is 73.4 Å². The third-order valence-electron chi connectivity index (χ3n) is 11.7. The van der Waals surface area contributed by atoms with E-state index in [-0.39, 0.29) is 28.5 Å². The lowest BCUT2D eigenvalue weighted by atomic mass is 9.84. The van der Waals surface area contributed by atoms with E-state index in [1.165, 1.54) is 0 Å². The van der Waals surface area contributed by atoms with Gasteiger partial charge in [-0.3, -0.25) is 0 Å². The van der Waals surface area contributed by atoms with Crippen LogP contribution in [0, 0.1) is 0 Å². The zero-order valence-electron chi connectivity index (χ0n) is 34.6. The SMILES string of the molecule is COc1ccc(CO[C@@H]2[C@H](O)[C@H](O[Si](C)(C)C(C)(C)C)[C@@H](O[Si](C)(C)C(C)(C)C)[C@H](O[Si](C)(C)C(C)(C)C)[C@H]2OCOCc2ccccc2)cc1. The summed E-state index contributed by atoms with van der Waals surface area (Å²) in [7, 11) is -5.69. The van der Waals surface area contributed by atoms with Crippen molar-refractivity contribution in [2.24, 2.45) is 0 Å². The number of hydrogen-bond donors (Lipinski definition) is 1. The Morgan fingerprint density at radius 3 is 1.41 bits per heavy atom. The minimum absolute atomic E-state index is 0.00733. The van der Waals surface area contributed by atoms with Crippen molar-refractivity contribution in [1.82, 2.24) is 0 Å². The molecule has 0 aliphatic heterocycles. The van der Waals surface area contributed by atoms with Crippen molar-refractivity contribution in [2.45, 2.75) is 167 Å². The first-order valence-electron chi connectivity index (χ1n) is 18.5. The van der Waals surface area contributed by atoms with Crippen LogP contribution in [0.25, 0.3) is 0 Å². The topological polar surface area (TPSA) is 84.8 Å². The van der Waals surface area contributed by atoms with Crippen molar-refractivity contribution in [3.63, 3.8) is 0 Å². The molecule has 1 saturated carbocycles. The van der Waals surface area contributed by atoms with Crippen molar-refractivity contribution >= 4 is 25.0 Å². The van der Waals surface area contributed by atoms with E-state index in [0.717, 1.165) is 16.9 Å². The van der Waals surface area contributed by atoms with Gasteiger partial charge in [0.1, 0.15) is 49.2 Å². The number of aliphatic hydroxyl groups excluding tert-OH is 1. The van der Waals surface area contributed by atoms with Crippen molar-refractivity contribution in [2.75, 3.05) is 13.9 Å². The zero-order chi connectivity index (χ0) is 38.6. The summed E-state index contributed by atoms with van der Waals surface area (Å²) >= 11 is 0. The second-order valence-corrected chi connectivity index (χ2v) is 33.0. The summed E-state index contributed by atoms with van der Waals surface area (Å²) in [5.41, 5.74) is 2.00. The molecule has 0 radical (unpaired) electrons. The molecule has 0 aromatic heterocycles. The summed E-state index contributed by atoms with van der Waals surface area (Å²) in [6.45, 7) is 34.1. The molecule has 1 N–H and O–H groups in total. The average Bonchev–Trinajstić information content (AvgIpc) is 3.01. The molecule has 0 bridgehead atoms. The standard InChI is InChI=1S/C40H70O8Si3/c1-38(2,3)49(11,12)46-34-32(41)33(44-27-30-22-24-31(42-10)25-23-30)35(45-28-43-26-29-20-18-17-19-21-29)37(48-51(15,16)40(7,8)9)36(34)47-50(13,14)39(4,5)6/h17-25,32-37,41H,26-28H2,1-16H3/t32-,33+,34-,35-,36+,37+/m0/s1. The Bertz CT molecular complexity index is 1350. The van der Waals surface area contributed by atoms with E-state index in [2.05, 4.69) is 102 Å². The van der Waals surface area contributed by atoms with Gasteiger partial charge in [-0.2, -0.15) is 0 Å². The van der Waals surface area contributed by atoms with Crippen LogP contribution < -0.4 is 4.74 Å². The molecule has 8 nitrogen and oxygen atoms in total. The normalized spacial score (nSPS) is 24.1. The molecule has 51 heavy (non-hydrogen) atoms. The Morgan fingerprint density at radius 1 is 0.529 bits per heavy atom. The Balaban J connectivity index is 2.17. The highest BCUT2D eigenvalue weighted by Gasteiger charge is 2.59. The highest BCUT2D eigenvalue weighted by atomic mass is 28.4. The molecule has 0 amide bonds. The van der Waals surface area contributed by atoms with Gasteiger partial charge >= 0.3 is 0 Å². The number of ether oxygens (including phenoxy) is 4. The lowest BCUT2D eigenvalue weighted by Gasteiger charge is -2.55. The molecule has 0 unspecified atom stereocenters. The number of hydrogen-bond acceptors (Lipinski definition) is 8. The number of benzene rings is 2. The summed E-state index contributed by atoms with van der Waals surface area (Å²) in [5, 5.41) is 12.3. The fourth-order valence-corrected chi connectivity index (χ4v) is 9.16. The van der Waals surface area contributed by atoms with Crippen LogP contribution in [0.15, 0.2) is 54.6 Å². The maximum Gasteiger partial charge on any atom is 0.192 e. The van der Waals surface area contributed by atoms with E-state index in [0.29, 0.717) is 6.61 Å². The lowest BCUT2D eigenvalue weighted by molar-refractivity contribution is -0.256. The van der Waals surface area contributed by atoms with Gasteiger partial charge in [0.05, 0.1) is 20.3 Å². The summed E-state index contributed by atoms with van der Waals surface area (Å²) < 4.78 is 47.0. The number of methoxy groups -OCH3 is 1. The van der Waals surface area contributed by atoms with E-state index in [9.17, 15) is 5.11 Å². The first-order valence-corrected chi connectivity index (χ1v) is 27.2.